The quantitative estimate of drug-likeness (QED) is 0.796. The largest absolute Gasteiger partial charge is 0.480 e. The molecule has 3 N–H and O–H groups in total. The van der Waals surface area contributed by atoms with E-state index >= 15 is 0 Å². The molecule has 0 unspecified atom stereocenters. The summed E-state index contributed by atoms with van der Waals surface area (Å²) in [7, 11) is 0. The maximum absolute atomic E-state index is 12.4. The van der Waals surface area contributed by atoms with Crippen LogP contribution >= 0.6 is 0 Å². The first-order valence-corrected chi connectivity index (χ1v) is 5.73. The van der Waals surface area contributed by atoms with Crippen LogP contribution in [0.1, 0.15) is 10.4 Å². The number of benzene rings is 1. The third-order valence-corrected chi connectivity index (χ3v) is 2.57. The highest BCUT2D eigenvalue weighted by molar-refractivity contribution is 6.09. The molecule has 1 aromatic carbocycles. The molecule has 1 amide bonds. The standard InChI is InChI=1S/C13H12N4O3/c14-10-3-1-2-4-11(10)17(7-12(18)19)13(20)9-5-15-8-16-6-9/h1-6,8H,7,14H2,(H,18,19). The van der Waals surface area contributed by atoms with E-state index in [9.17, 15) is 9.59 Å². The van der Waals surface area contributed by atoms with Crippen molar-refractivity contribution in [3.8, 4) is 0 Å². The summed E-state index contributed by atoms with van der Waals surface area (Å²) in [5, 5.41) is 8.97. The highest BCUT2D eigenvalue weighted by Crippen LogP contribution is 2.23. The van der Waals surface area contributed by atoms with Gasteiger partial charge in [-0.3, -0.25) is 14.5 Å². The first-order valence-electron chi connectivity index (χ1n) is 5.73. The number of anilines is 2. The van der Waals surface area contributed by atoms with E-state index in [4.69, 9.17) is 10.8 Å². The average molecular weight is 272 g/mol. The lowest BCUT2D eigenvalue weighted by atomic mass is 10.2. The fourth-order valence-electron chi connectivity index (χ4n) is 1.70. The van der Waals surface area contributed by atoms with Crippen molar-refractivity contribution in [2.75, 3.05) is 17.2 Å². The molecular formula is C13H12N4O3. The molecule has 0 spiro atoms. The van der Waals surface area contributed by atoms with Gasteiger partial charge in [0.2, 0.25) is 0 Å². The molecule has 0 atom stereocenters. The van der Waals surface area contributed by atoms with E-state index in [2.05, 4.69) is 9.97 Å². The Kier molecular flexibility index (Phi) is 3.90. The van der Waals surface area contributed by atoms with Crippen LogP contribution in [0.25, 0.3) is 0 Å². The molecule has 2 rings (SSSR count). The van der Waals surface area contributed by atoms with Crippen LogP contribution in [-0.2, 0) is 4.79 Å². The lowest BCUT2D eigenvalue weighted by Gasteiger charge is -2.22. The number of amides is 1. The normalized spacial score (nSPS) is 10.0. The number of carbonyl (C=O) groups excluding carboxylic acids is 1. The van der Waals surface area contributed by atoms with Crippen LogP contribution in [0, 0.1) is 0 Å². The smallest absolute Gasteiger partial charge is 0.323 e. The van der Waals surface area contributed by atoms with Gasteiger partial charge in [-0.15, -0.1) is 0 Å². The van der Waals surface area contributed by atoms with Gasteiger partial charge >= 0.3 is 5.97 Å². The van der Waals surface area contributed by atoms with Gasteiger partial charge < -0.3 is 10.8 Å². The Labute approximate surface area is 114 Å². The molecule has 0 radical (unpaired) electrons. The van der Waals surface area contributed by atoms with Crippen LogP contribution in [-0.4, -0.2) is 33.5 Å². The van der Waals surface area contributed by atoms with Gasteiger partial charge in [0.15, 0.2) is 0 Å². The van der Waals surface area contributed by atoms with Crippen LogP contribution in [0.3, 0.4) is 0 Å². The maximum Gasteiger partial charge on any atom is 0.323 e. The number of nitrogens with two attached hydrogens (primary N) is 1. The van der Waals surface area contributed by atoms with E-state index in [-0.39, 0.29) is 5.56 Å². The molecule has 102 valence electrons. The Balaban J connectivity index is 2.41. The Hall–Kier alpha value is -2.96. The summed E-state index contributed by atoms with van der Waals surface area (Å²) in [6.45, 7) is -0.498. The highest BCUT2D eigenvalue weighted by atomic mass is 16.4. The van der Waals surface area contributed by atoms with Gasteiger partial charge in [-0.05, 0) is 12.1 Å². The predicted octanol–water partition coefficient (Wildman–Crippen LogP) is 0.790. The molecule has 0 bridgehead atoms. The number of carboxylic acid groups (broad SMARTS) is 1. The molecule has 2 aromatic rings. The number of aromatic nitrogens is 2. The van der Waals surface area contributed by atoms with Gasteiger partial charge in [0.05, 0.1) is 16.9 Å². The molecule has 1 heterocycles. The van der Waals surface area contributed by atoms with Crippen molar-refractivity contribution in [2.45, 2.75) is 0 Å². The first-order chi connectivity index (χ1) is 9.59. The zero-order valence-electron chi connectivity index (χ0n) is 10.4. The minimum absolute atomic E-state index is 0.192. The van der Waals surface area contributed by atoms with E-state index in [0.717, 1.165) is 4.90 Å². The molecule has 0 fully saturated rings. The monoisotopic (exact) mass is 272 g/mol. The molecule has 7 nitrogen and oxygen atoms in total. The molecule has 20 heavy (non-hydrogen) atoms. The Morgan fingerprint density at radius 1 is 1.20 bits per heavy atom. The van der Waals surface area contributed by atoms with E-state index in [1.807, 2.05) is 0 Å². The third kappa shape index (κ3) is 2.89. The first kappa shape index (κ1) is 13.5. The summed E-state index contributed by atoms with van der Waals surface area (Å²) in [6.07, 6.45) is 3.93. The van der Waals surface area contributed by atoms with Crippen molar-refractivity contribution < 1.29 is 14.7 Å². The fourth-order valence-corrected chi connectivity index (χ4v) is 1.70. The van der Waals surface area contributed by atoms with Gasteiger partial charge in [-0.1, -0.05) is 12.1 Å². The van der Waals surface area contributed by atoms with E-state index in [1.54, 1.807) is 24.3 Å². The number of rotatable bonds is 4. The van der Waals surface area contributed by atoms with Crippen molar-refractivity contribution in [2.24, 2.45) is 0 Å². The number of nitrogens with zero attached hydrogens (tertiary/aromatic N) is 3. The SMILES string of the molecule is Nc1ccccc1N(CC(=O)O)C(=O)c1cncnc1. The number of nitrogen functional groups attached to an aromatic ring is 1. The summed E-state index contributed by atoms with van der Waals surface area (Å²) in [4.78, 5) is 31.9. The average Bonchev–Trinajstić information content (AvgIpc) is 2.46. The molecule has 1 aromatic heterocycles. The summed E-state index contributed by atoms with van der Waals surface area (Å²) in [5.41, 5.74) is 6.64. The minimum atomic E-state index is -1.14. The van der Waals surface area contributed by atoms with Crippen LogP contribution in [0.5, 0.6) is 0 Å². The second-order valence-electron chi connectivity index (χ2n) is 3.97. The molecule has 7 heteroatoms. The summed E-state index contributed by atoms with van der Waals surface area (Å²) in [5.74, 6) is -1.66. The second kappa shape index (κ2) is 5.79. The van der Waals surface area contributed by atoms with Crippen molar-refractivity contribution in [3.05, 3.63) is 48.5 Å². The van der Waals surface area contributed by atoms with Crippen LogP contribution in [0.15, 0.2) is 43.0 Å². The molecule has 0 aliphatic heterocycles. The molecular weight excluding hydrogens is 260 g/mol. The Morgan fingerprint density at radius 2 is 1.85 bits per heavy atom. The zero-order valence-corrected chi connectivity index (χ0v) is 10.4. The predicted molar refractivity (Wildman–Crippen MR) is 72.2 cm³/mol. The summed E-state index contributed by atoms with van der Waals surface area (Å²) >= 11 is 0. The highest BCUT2D eigenvalue weighted by Gasteiger charge is 2.22. The molecule has 0 aliphatic carbocycles. The number of para-hydroxylation sites is 2. The van der Waals surface area contributed by atoms with Crippen molar-refractivity contribution in [1.82, 2.24) is 9.97 Å². The van der Waals surface area contributed by atoms with Gasteiger partial charge in [-0.2, -0.15) is 0 Å². The van der Waals surface area contributed by atoms with Gasteiger partial charge in [-0.25, -0.2) is 9.97 Å². The van der Waals surface area contributed by atoms with Gasteiger partial charge in [0.25, 0.3) is 5.91 Å². The van der Waals surface area contributed by atoms with E-state index in [0.29, 0.717) is 11.4 Å². The van der Waals surface area contributed by atoms with Gasteiger partial charge in [0, 0.05) is 12.4 Å². The van der Waals surface area contributed by atoms with Crippen LogP contribution in [0.4, 0.5) is 11.4 Å². The summed E-state index contributed by atoms with van der Waals surface area (Å²) < 4.78 is 0. The summed E-state index contributed by atoms with van der Waals surface area (Å²) in [6, 6.07) is 6.56. The second-order valence-corrected chi connectivity index (χ2v) is 3.97. The lowest BCUT2D eigenvalue weighted by molar-refractivity contribution is -0.135. The Bertz CT molecular complexity index is 631. The van der Waals surface area contributed by atoms with Gasteiger partial charge in [0.1, 0.15) is 12.9 Å². The minimum Gasteiger partial charge on any atom is -0.480 e. The number of hydrogen-bond donors (Lipinski definition) is 2. The number of carbonyl (C=O) groups is 2. The van der Waals surface area contributed by atoms with E-state index in [1.165, 1.54) is 18.7 Å². The van der Waals surface area contributed by atoms with Crippen LogP contribution < -0.4 is 10.6 Å². The number of aliphatic carboxylic acids is 1. The lowest BCUT2D eigenvalue weighted by Crippen LogP contribution is -2.36. The van der Waals surface area contributed by atoms with Crippen molar-refractivity contribution in [1.29, 1.82) is 0 Å². The number of carboxylic acids is 1. The maximum atomic E-state index is 12.4. The molecule has 0 saturated heterocycles. The van der Waals surface area contributed by atoms with Crippen molar-refractivity contribution >= 4 is 23.3 Å². The molecule has 0 aliphatic rings. The Morgan fingerprint density at radius 3 is 2.45 bits per heavy atom. The molecule has 0 saturated carbocycles. The zero-order chi connectivity index (χ0) is 14.5. The number of hydrogen-bond acceptors (Lipinski definition) is 5. The van der Waals surface area contributed by atoms with Crippen LogP contribution in [0.2, 0.25) is 0 Å². The topological polar surface area (TPSA) is 109 Å². The third-order valence-electron chi connectivity index (χ3n) is 2.57. The van der Waals surface area contributed by atoms with Crippen molar-refractivity contribution in [3.63, 3.8) is 0 Å². The van der Waals surface area contributed by atoms with E-state index < -0.39 is 18.4 Å². The fraction of sp³-hybridized carbons (Fsp3) is 0.0769.